The Balaban J connectivity index is 1.83. The lowest BCUT2D eigenvalue weighted by molar-refractivity contribution is -0.126. The zero-order chi connectivity index (χ0) is 24.7. The Morgan fingerprint density at radius 3 is 2.38 bits per heavy atom. The van der Waals surface area contributed by atoms with Gasteiger partial charge in [0.25, 0.3) is 0 Å². The van der Waals surface area contributed by atoms with E-state index in [0.29, 0.717) is 13.0 Å². The number of nitrogens with zero attached hydrogens (tertiary/aromatic N) is 1. The Morgan fingerprint density at radius 1 is 1.12 bits per heavy atom. The van der Waals surface area contributed by atoms with Gasteiger partial charge in [-0.25, -0.2) is 8.42 Å². The van der Waals surface area contributed by atoms with E-state index in [1.54, 1.807) is 0 Å². The summed E-state index contributed by atoms with van der Waals surface area (Å²) in [6.07, 6.45) is -0.0127. The molecule has 1 aliphatic heterocycles. The molecule has 186 valence electrons. The van der Waals surface area contributed by atoms with Crippen molar-refractivity contribution in [3.8, 4) is 5.75 Å². The molecule has 8 nitrogen and oxygen atoms in total. The summed E-state index contributed by atoms with van der Waals surface area (Å²) in [5, 5.41) is 26.9. The Kier molecular flexibility index (Phi) is 9.07. The van der Waals surface area contributed by atoms with E-state index in [1.807, 2.05) is 44.2 Å². The molecule has 3 atom stereocenters. The average Bonchev–Trinajstić information content (AvgIpc) is 3.34. The molecule has 1 aliphatic rings. The maximum absolute atomic E-state index is 13.4. The number of rotatable bonds is 11. The number of hydrogen-bond donors (Lipinski definition) is 4. The fourth-order valence-corrected chi connectivity index (χ4v) is 5.73. The van der Waals surface area contributed by atoms with Crippen LogP contribution in [0, 0.1) is 11.8 Å². The number of aromatic hydroxyl groups is 1. The van der Waals surface area contributed by atoms with Crippen molar-refractivity contribution in [2.24, 2.45) is 11.8 Å². The third kappa shape index (κ3) is 7.02. The minimum absolute atomic E-state index is 0.0193. The smallest absolute Gasteiger partial charge is 0.243 e. The Bertz CT molecular complexity index is 1020. The number of carbonyl (C=O) groups is 1. The first-order valence-electron chi connectivity index (χ1n) is 11.7. The van der Waals surface area contributed by atoms with Gasteiger partial charge in [0.2, 0.25) is 15.9 Å². The molecule has 0 spiro atoms. The van der Waals surface area contributed by atoms with Crippen LogP contribution < -0.4 is 10.6 Å². The first kappa shape index (κ1) is 26.2. The summed E-state index contributed by atoms with van der Waals surface area (Å²) in [5.41, 5.74) is 0.938. The van der Waals surface area contributed by atoms with Gasteiger partial charge in [-0.3, -0.25) is 4.79 Å². The molecule has 0 aliphatic carbocycles. The van der Waals surface area contributed by atoms with Crippen LogP contribution in [0.1, 0.15) is 25.8 Å². The number of sulfonamides is 1. The second kappa shape index (κ2) is 11.8. The highest BCUT2D eigenvalue weighted by Crippen LogP contribution is 2.21. The van der Waals surface area contributed by atoms with Crippen LogP contribution in [0.25, 0.3) is 0 Å². The van der Waals surface area contributed by atoms with Gasteiger partial charge >= 0.3 is 0 Å². The molecule has 0 radical (unpaired) electrons. The summed E-state index contributed by atoms with van der Waals surface area (Å²) in [4.78, 5) is 12.9. The van der Waals surface area contributed by atoms with Crippen molar-refractivity contribution in [2.45, 2.75) is 43.7 Å². The zero-order valence-corrected chi connectivity index (χ0v) is 20.5. The molecule has 1 heterocycles. The highest BCUT2D eigenvalue weighted by molar-refractivity contribution is 7.89. The molecule has 34 heavy (non-hydrogen) atoms. The predicted octanol–water partition coefficient (Wildman–Crippen LogP) is 1.74. The second-order valence-electron chi connectivity index (χ2n) is 9.27. The quantitative estimate of drug-likeness (QED) is 0.382. The number of carbonyl (C=O) groups excluding carboxylic acids is 1. The molecule has 0 saturated carbocycles. The van der Waals surface area contributed by atoms with Crippen LogP contribution in [-0.2, 0) is 21.2 Å². The standard InChI is InChI=1S/C25H35N3O5S/c1-18(2)16-28(34(32,33)22-10-8-21(29)9-11-22)17-24(30)23(14-19-6-4-3-5-7-19)27-25(31)20-12-13-26-15-20/h3-11,18,20,23-24,26,29-30H,12-17H2,1-2H3,(H,27,31)/t20-,23-,24+/m0/s1. The van der Waals surface area contributed by atoms with Crippen LogP contribution in [0.5, 0.6) is 5.75 Å². The van der Waals surface area contributed by atoms with E-state index in [4.69, 9.17) is 0 Å². The van der Waals surface area contributed by atoms with Crippen LogP contribution in [-0.4, -0.2) is 67.2 Å². The Morgan fingerprint density at radius 2 is 1.79 bits per heavy atom. The molecular weight excluding hydrogens is 454 g/mol. The summed E-state index contributed by atoms with van der Waals surface area (Å²) in [6, 6.07) is 14.2. The first-order valence-corrected chi connectivity index (χ1v) is 13.1. The molecule has 1 saturated heterocycles. The maximum Gasteiger partial charge on any atom is 0.243 e. The van der Waals surface area contributed by atoms with E-state index < -0.39 is 22.2 Å². The lowest BCUT2D eigenvalue weighted by Gasteiger charge is -2.31. The molecule has 9 heteroatoms. The number of phenols is 1. The minimum Gasteiger partial charge on any atom is -0.508 e. The van der Waals surface area contributed by atoms with Crippen LogP contribution in [0.4, 0.5) is 0 Å². The van der Waals surface area contributed by atoms with Crippen LogP contribution >= 0.6 is 0 Å². The third-order valence-corrected chi connectivity index (χ3v) is 7.80. The average molecular weight is 490 g/mol. The first-order chi connectivity index (χ1) is 16.2. The predicted molar refractivity (Wildman–Crippen MR) is 131 cm³/mol. The molecular formula is C25H35N3O5S. The monoisotopic (exact) mass is 489 g/mol. The molecule has 4 N–H and O–H groups in total. The van der Waals surface area contributed by atoms with E-state index in [1.165, 1.54) is 28.6 Å². The summed E-state index contributed by atoms with van der Waals surface area (Å²) < 4.78 is 28.0. The lowest BCUT2D eigenvalue weighted by atomic mass is 9.99. The fraction of sp³-hybridized carbons (Fsp3) is 0.480. The maximum atomic E-state index is 13.4. The summed E-state index contributed by atoms with van der Waals surface area (Å²) >= 11 is 0. The van der Waals surface area contributed by atoms with Gasteiger partial charge in [-0.1, -0.05) is 44.2 Å². The van der Waals surface area contributed by atoms with E-state index in [0.717, 1.165) is 18.5 Å². The summed E-state index contributed by atoms with van der Waals surface area (Å²) in [5.74, 6) is -0.313. The molecule has 3 rings (SSSR count). The highest BCUT2D eigenvalue weighted by atomic mass is 32.2. The second-order valence-corrected chi connectivity index (χ2v) is 11.2. The van der Waals surface area contributed by atoms with Gasteiger partial charge in [0.1, 0.15) is 5.75 Å². The topological polar surface area (TPSA) is 119 Å². The Labute approximate surface area is 202 Å². The van der Waals surface area contributed by atoms with Crippen molar-refractivity contribution in [1.82, 2.24) is 14.9 Å². The SMILES string of the molecule is CC(C)CN(C[C@@H](O)[C@H](Cc1ccccc1)NC(=O)[C@H]1CCNC1)S(=O)(=O)c1ccc(O)cc1. The largest absolute Gasteiger partial charge is 0.508 e. The molecule has 0 bridgehead atoms. The lowest BCUT2D eigenvalue weighted by Crippen LogP contribution is -2.52. The van der Waals surface area contributed by atoms with Gasteiger partial charge in [0.05, 0.1) is 23.0 Å². The number of phenolic OH excluding ortho intramolecular Hbond substituents is 1. The van der Waals surface area contributed by atoms with Crippen molar-refractivity contribution < 1.29 is 23.4 Å². The number of nitrogens with one attached hydrogen (secondary N) is 2. The minimum atomic E-state index is -3.92. The number of aliphatic hydroxyl groups excluding tert-OH is 1. The number of hydrogen-bond acceptors (Lipinski definition) is 6. The van der Waals surface area contributed by atoms with Gasteiger partial charge in [0.15, 0.2) is 0 Å². The summed E-state index contributed by atoms with van der Waals surface area (Å²) in [6.45, 7) is 5.22. The van der Waals surface area contributed by atoms with Gasteiger partial charge < -0.3 is 20.8 Å². The van der Waals surface area contributed by atoms with Crippen molar-refractivity contribution in [2.75, 3.05) is 26.2 Å². The van der Waals surface area contributed by atoms with Crippen LogP contribution in [0.3, 0.4) is 0 Å². The van der Waals surface area contributed by atoms with Gasteiger partial charge in [0, 0.05) is 19.6 Å². The number of benzene rings is 2. The molecule has 1 amide bonds. The summed E-state index contributed by atoms with van der Waals surface area (Å²) in [7, 11) is -3.92. The fourth-order valence-electron chi connectivity index (χ4n) is 4.11. The van der Waals surface area contributed by atoms with Crippen molar-refractivity contribution in [3.63, 3.8) is 0 Å². The highest BCUT2D eigenvalue weighted by Gasteiger charge is 2.32. The normalized spacial score (nSPS) is 18.2. The molecule has 2 aromatic rings. The van der Waals surface area contributed by atoms with E-state index in [-0.39, 0.29) is 41.5 Å². The van der Waals surface area contributed by atoms with E-state index in [9.17, 15) is 23.4 Å². The van der Waals surface area contributed by atoms with Gasteiger partial charge in [-0.05, 0) is 55.1 Å². The third-order valence-electron chi connectivity index (χ3n) is 5.96. The van der Waals surface area contributed by atoms with Crippen LogP contribution in [0.15, 0.2) is 59.5 Å². The number of aliphatic hydroxyl groups is 1. The molecule has 0 aromatic heterocycles. The number of amides is 1. The van der Waals surface area contributed by atoms with Crippen molar-refractivity contribution in [1.29, 1.82) is 0 Å². The molecule has 1 fully saturated rings. The molecule has 0 unspecified atom stereocenters. The van der Waals surface area contributed by atoms with Gasteiger partial charge in [-0.2, -0.15) is 4.31 Å². The Hall–Kier alpha value is -2.46. The van der Waals surface area contributed by atoms with Gasteiger partial charge in [-0.15, -0.1) is 0 Å². The zero-order valence-electron chi connectivity index (χ0n) is 19.7. The van der Waals surface area contributed by atoms with Crippen LogP contribution in [0.2, 0.25) is 0 Å². The van der Waals surface area contributed by atoms with E-state index >= 15 is 0 Å². The van der Waals surface area contributed by atoms with E-state index in [2.05, 4.69) is 10.6 Å². The van der Waals surface area contributed by atoms with Crippen molar-refractivity contribution in [3.05, 3.63) is 60.2 Å². The molecule has 2 aromatic carbocycles. The van der Waals surface area contributed by atoms with Crippen molar-refractivity contribution >= 4 is 15.9 Å².